The Labute approximate surface area is 78.8 Å². The van der Waals surface area contributed by atoms with Gasteiger partial charge < -0.3 is 5.73 Å². The monoisotopic (exact) mass is 181 g/mol. The average Bonchev–Trinajstić information content (AvgIpc) is 2.17. The number of hydrogen-bond donors (Lipinski definition) is 1. The van der Waals surface area contributed by atoms with Gasteiger partial charge in [0.25, 0.3) is 0 Å². The SMILES string of the molecule is CCC(N)(CC)c1ccccc1F. The molecular formula is C11H16FN. The molecule has 0 fully saturated rings. The first-order valence-corrected chi connectivity index (χ1v) is 4.68. The second-order valence-electron chi connectivity index (χ2n) is 3.34. The van der Waals surface area contributed by atoms with Crippen LogP contribution >= 0.6 is 0 Å². The minimum Gasteiger partial charge on any atom is -0.321 e. The highest BCUT2D eigenvalue weighted by molar-refractivity contribution is 5.25. The van der Waals surface area contributed by atoms with Crippen LogP contribution in [0.15, 0.2) is 24.3 Å². The quantitative estimate of drug-likeness (QED) is 0.762. The van der Waals surface area contributed by atoms with Crippen molar-refractivity contribution in [1.29, 1.82) is 0 Å². The van der Waals surface area contributed by atoms with E-state index in [0.29, 0.717) is 5.56 Å². The van der Waals surface area contributed by atoms with Crippen molar-refractivity contribution >= 4 is 0 Å². The lowest BCUT2D eigenvalue weighted by Crippen LogP contribution is -2.36. The van der Waals surface area contributed by atoms with Crippen LogP contribution in [0.25, 0.3) is 0 Å². The molecule has 0 unspecified atom stereocenters. The molecule has 72 valence electrons. The normalized spacial score (nSPS) is 11.7. The van der Waals surface area contributed by atoms with E-state index in [4.69, 9.17) is 5.73 Å². The number of nitrogens with two attached hydrogens (primary N) is 1. The van der Waals surface area contributed by atoms with Crippen LogP contribution in [0.5, 0.6) is 0 Å². The Morgan fingerprint density at radius 2 is 1.77 bits per heavy atom. The zero-order valence-electron chi connectivity index (χ0n) is 8.18. The van der Waals surface area contributed by atoms with Crippen LogP contribution in [-0.4, -0.2) is 0 Å². The molecule has 0 aliphatic heterocycles. The Hall–Kier alpha value is -0.890. The van der Waals surface area contributed by atoms with E-state index in [9.17, 15) is 4.39 Å². The maximum Gasteiger partial charge on any atom is 0.128 e. The molecule has 2 N–H and O–H groups in total. The highest BCUT2D eigenvalue weighted by atomic mass is 19.1. The first-order valence-electron chi connectivity index (χ1n) is 4.68. The van der Waals surface area contributed by atoms with Gasteiger partial charge in [-0.25, -0.2) is 4.39 Å². The Morgan fingerprint density at radius 1 is 1.23 bits per heavy atom. The van der Waals surface area contributed by atoms with Crippen molar-refractivity contribution in [1.82, 2.24) is 0 Å². The number of halogens is 1. The predicted molar refractivity (Wildman–Crippen MR) is 52.8 cm³/mol. The first kappa shape index (κ1) is 10.2. The minimum absolute atomic E-state index is 0.200. The summed E-state index contributed by atoms with van der Waals surface area (Å²) in [5.74, 6) is -0.200. The first-order chi connectivity index (χ1) is 6.14. The Kier molecular flexibility index (Phi) is 3.04. The van der Waals surface area contributed by atoms with Crippen molar-refractivity contribution in [3.8, 4) is 0 Å². The summed E-state index contributed by atoms with van der Waals surface area (Å²) in [5, 5.41) is 0. The molecule has 0 atom stereocenters. The zero-order chi connectivity index (χ0) is 9.90. The molecule has 1 aromatic rings. The number of hydrogen-bond acceptors (Lipinski definition) is 1. The van der Waals surface area contributed by atoms with E-state index in [0.717, 1.165) is 12.8 Å². The molecular weight excluding hydrogens is 165 g/mol. The fraction of sp³-hybridized carbons (Fsp3) is 0.455. The molecule has 0 bridgehead atoms. The molecule has 0 heterocycles. The fourth-order valence-electron chi connectivity index (χ4n) is 1.50. The van der Waals surface area contributed by atoms with E-state index in [1.165, 1.54) is 6.07 Å². The highest BCUT2D eigenvalue weighted by Crippen LogP contribution is 2.27. The Balaban J connectivity index is 3.12. The van der Waals surface area contributed by atoms with Gasteiger partial charge in [0, 0.05) is 11.1 Å². The van der Waals surface area contributed by atoms with Crippen LogP contribution in [0, 0.1) is 5.82 Å². The van der Waals surface area contributed by atoms with Gasteiger partial charge in [0.1, 0.15) is 5.82 Å². The summed E-state index contributed by atoms with van der Waals surface area (Å²) >= 11 is 0. The van der Waals surface area contributed by atoms with Gasteiger partial charge in [0.15, 0.2) is 0 Å². The maximum atomic E-state index is 13.4. The highest BCUT2D eigenvalue weighted by Gasteiger charge is 2.25. The number of rotatable bonds is 3. The lowest BCUT2D eigenvalue weighted by molar-refractivity contribution is 0.392. The van der Waals surface area contributed by atoms with Gasteiger partial charge in [-0.15, -0.1) is 0 Å². The topological polar surface area (TPSA) is 26.0 Å². The van der Waals surface area contributed by atoms with E-state index < -0.39 is 5.54 Å². The molecule has 0 saturated carbocycles. The molecule has 0 aliphatic rings. The van der Waals surface area contributed by atoms with Gasteiger partial charge in [-0.3, -0.25) is 0 Å². The van der Waals surface area contributed by atoms with E-state index in [-0.39, 0.29) is 5.82 Å². The van der Waals surface area contributed by atoms with Gasteiger partial charge in [0.05, 0.1) is 0 Å². The molecule has 13 heavy (non-hydrogen) atoms. The molecule has 2 heteroatoms. The Morgan fingerprint density at radius 3 is 2.23 bits per heavy atom. The molecule has 1 nitrogen and oxygen atoms in total. The van der Waals surface area contributed by atoms with Crippen molar-refractivity contribution in [3.63, 3.8) is 0 Å². The largest absolute Gasteiger partial charge is 0.321 e. The zero-order valence-corrected chi connectivity index (χ0v) is 8.18. The summed E-state index contributed by atoms with van der Waals surface area (Å²) in [6.45, 7) is 3.96. The van der Waals surface area contributed by atoms with E-state index in [1.54, 1.807) is 12.1 Å². The lowest BCUT2D eigenvalue weighted by atomic mass is 9.85. The van der Waals surface area contributed by atoms with Gasteiger partial charge in [-0.1, -0.05) is 32.0 Å². The molecule has 1 rings (SSSR count). The van der Waals surface area contributed by atoms with Crippen LogP contribution in [0.4, 0.5) is 4.39 Å². The fourth-order valence-corrected chi connectivity index (χ4v) is 1.50. The summed E-state index contributed by atoms with van der Waals surface area (Å²) in [6.07, 6.45) is 1.51. The maximum absolute atomic E-state index is 13.4. The van der Waals surface area contributed by atoms with Gasteiger partial charge in [-0.05, 0) is 18.9 Å². The van der Waals surface area contributed by atoms with E-state index in [1.807, 2.05) is 19.9 Å². The lowest BCUT2D eigenvalue weighted by Gasteiger charge is -2.27. The van der Waals surface area contributed by atoms with Crippen molar-refractivity contribution in [2.45, 2.75) is 32.2 Å². The standard InChI is InChI=1S/C11H16FN/c1-3-11(13,4-2)9-7-5-6-8-10(9)12/h5-8H,3-4,13H2,1-2H3. The summed E-state index contributed by atoms with van der Waals surface area (Å²) < 4.78 is 13.4. The molecule has 0 saturated heterocycles. The van der Waals surface area contributed by atoms with Crippen LogP contribution in [0.3, 0.4) is 0 Å². The molecule has 1 aromatic carbocycles. The van der Waals surface area contributed by atoms with Gasteiger partial charge in [0.2, 0.25) is 0 Å². The smallest absolute Gasteiger partial charge is 0.128 e. The third-order valence-electron chi connectivity index (χ3n) is 2.67. The van der Waals surface area contributed by atoms with E-state index in [2.05, 4.69) is 0 Å². The second kappa shape index (κ2) is 3.88. The van der Waals surface area contributed by atoms with Gasteiger partial charge >= 0.3 is 0 Å². The average molecular weight is 181 g/mol. The van der Waals surface area contributed by atoms with Crippen molar-refractivity contribution in [2.24, 2.45) is 5.73 Å². The summed E-state index contributed by atoms with van der Waals surface area (Å²) in [7, 11) is 0. The summed E-state index contributed by atoms with van der Waals surface area (Å²) in [6, 6.07) is 6.74. The molecule has 0 aromatic heterocycles. The molecule has 0 spiro atoms. The number of benzene rings is 1. The molecule has 0 radical (unpaired) electrons. The van der Waals surface area contributed by atoms with Crippen LogP contribution < -0.4 is 5.73 Å². The third-order valence-corrected chi connectivity index (χ3v) is 2.67. The van der Waals surface area contributed by atoms with Crippen LogP contribution in [0.2, 0.25) is 0 Å². The van der Waals surface area contributed by atoms with Crippen LogP contribution in [-0.2, 0) is 5.54 Å². The van der Waals surface area contributed by atoms with Gasteiger partial charge in [-0.2, -0.15) is 0 Å². The third kappa shape index (κ3) is 1.89. The van der Waals surface area contributed by atoms with Crippen LogP contribution in [0.1, 0.15) is 32.3 Å². The van der Waals surface area contributed by atoms with E-state index >= 15 is 0 Å². The van der Waals surface area contributed by atoms with Crippen molar-refractivity contribution < 1.29 is 4.39 Å². The van der Waals surface area contributed by atoms with Crippen molar-refractivity contribution in [3.05, 3.63) is 35.6 Å². The Bertz CT molecular complexity index is 279. The predicted octanol–water partition coefficient (Wildman–Crippen LogP) is 2.80. The minimum atomic E-state index is -0.509. The second-order valence-corrected chi connectivity index (χ2v) is 3.34. The molecule has 0 amide bonds. The summed E-state index contributed by atoms with van der Waals surface area (Å²) in [4.78, 5) is 0. The molecule has 0 aliphatic carbocycles. The summed E-state index contributed by atoms with van der Waals surface area (Å²) in [5.41, 5.74) is 6.20. The van der Waals surface area contributed by atoms with Crippen molar-refractivity contribution in [2.75, 3.05) is 0 Å².